The summed E-state index contributed by atoms with van der Waals surface area (Å²) >= 11 is 7.64. The molecule has 1 rings (SSSR count). The lowest BCUT2D eigenvalue weighted by Gasteiger charge is -2.06. The first-order chi connectivity index (χ1) is 4.16. The van der Waals surface area contributed by atoms with Crippen molar-refractivity contribution in [2.45, 2.75) is 23.5 Å². The van der Waals surface area contributed by atoms with E-state index in [1.165, 1.54) is 0 Å². The molecule has 0 bridgehead atoms. The minimum Gasteiger partial charge on any atom is -0.196 e. The topological polar surface area (TPSA) is 23.8 Å². The quantitative estimate of drug-likeness (QED) is 0.508. The molecule has 1 nitrogen and oxygen atoms in total. The zero-order valence-electron chi connectivity index (χ0n) is 5.22. The van der Waals surface area contributed by atoms with Crippen LogP contribution in [-0.4, -0.2) is 15.9 Å². The van der Waals surface area contributed by atoms with Gasteiger partial charge in [0, 0.05) is 11.0 Å². The fraction of sp³-hybridized carbons (Fsp3) is 0.833. The molecule has 1 aliphatic rings. The van der Waals surface area contributed by atoms with Gasteiger partial charge in [-0.2, -0.15) is 17.0 Å². The number of alkyl halides is 1. The second kappa shape index (κ2) is 2.40. The third-order valence-electron chi connectivity index (χ3n) is 1.41. The van der Waals surface area contributed by atoms with E-state index in [4.69, 9.17) is 16.9 Å². The summed E-state index contributed by atoms with van der Waals surface area (Å²) in [5.41, 5.74) is 0. The van der Waals surface area contributed by atoms with Crippen LogP contribution in [0.15, 0.2) is 0 Å². The maximum Gasteiger partial charge on any atom is 0.141 e. The van der Waals surface area contributed by atoms with Crippen LogP contribution in [0.2, 0.25) is 0 Å². The van der Waals surface area contributed by atoms with Gasteiger partial charge < -0.3 is 0 Å². The van der Waals surface area contributed by atoms with Crippen molar-refractivity contribution in [3.05, 3.63) is 0 Å². The van der Waals surface area contributed by atoms with Crippen LogP contribution in [-0.2, 0) is 0 Å². The average Bonchev–Trinajstić information content (AvgIpc) is 2.13. The van der Waals surface area contributed by atoms with Gasteiger partial charge in [-0.15, -0.1) is 11.6 Å². The van der Waals surface area contributed by atoms with Crippen LogP contribution in [0.25, 0.3) is 0 Å². The summed E-state index contributed by atoms with van der Waals surface area (Å²) in [6.07, 6.45) is 0.829. The van der Waals surface area contributed by atoms with Gasteiger partial charge in [-0.3, -0.25) is 0 Å². The van der Waals surface area contributed by atoms with E-state index < -0.39 is 4.87 Å². The first-order valence-corrected chi connectivity index (χ1v) is 4.31. The van der Waals surface area contributed by atoms with E-state index in [2.05, 4.69) is 13.0 Å². The first kappa shape index (κ1) is 7.24. The fourth-order valence-electron chi connectivity index (χ4n) is 0.926. The minimum atomic E-state index is -0.552. The van der Waals surface area contributed by atoms with Crippen LogP contribution >= 0.6 is 23.4 Å². The SMILES string of the molecule is CC1CC(Cl)(C#N)CS1. The molecule has 0 radical (unpaired) electrons. The van der Waals surface area contributed by atoms with E-state index in [9.17, 15) is 0 Å². The van der Waals surface area contributed by atoms with Crippen molar-refractivity contribution < 1.29 is 0 Å². The standard InChI is InChI=1S/C6H8ClNS/c1-5-2-6(7,3-8)4-9-5/h5H,2,4H2,1H3. The number of hydrogen-bond acceptors (Lipinski definition) is 2. The third kappa shape index (κ3) is 1.53. The van der Waals surface area contributed by atoms with Gasteiger partial charge in [0.1, 0.15) is 4.87 Å². The zero-order chi connectivity index (χ0) is 6.91. The highest BCUT2D eigenvalue weighted by Gasteiger charge is 2.35. The Kier molecular flexibility index (Phi) is 1.93. The normalized spacial score (nSPS) is 42.6. The van der Waals surface area contributed by atoms with Gasteiger partial charge in [-0.1, -0.05) is 6.92 Å². The van der Waals surface area contributed by atoms with Gasteiger partial charge >= 0.3 is 0 Å². The molecule has 2 unspecified atom stereocenters. The Hall–Kier alpha value is 0.130. The minimum absolute atomic E-state index is 0.552. The molecule has 2 atom stereocenters. The summed E-state index contributed by atoms with van der Waals surface area (Å²) in [4.78, 5) is -0.552. The van der Waals surface area contributed by atoms with Crippen molar-refractivity contribution in [2.75, 3.05) is 5.75 Å². The van der Waals surface area contributed by atoms with Crippen molar-refractivity contribution in [1.29, 1.82) is 5.26 Å². The Morgan fingerprint density at radius 3 is 2.78 bits per heavy atom. The van der Waals surface area contributed by atoms with Gasteiger partial charge in [0.2, 0.25) is 0 Å². The van der Waals surface area contributed by atoms with Crippen LogP contribution in [0.4, 0.5) is 0 Å². The van der Waals surface area contributed by atoms with Crippen molar-refractivity contribution >= 4 is 23.4 Å². The highest BCUT2D eigenvalue weighted by Crippen LogP contribution is 2.38. The monoisotopic (exact) mass is 161 g/mol. The lowest BCUT2D eigenvalue weighted by molar-refractivity contribution is 0.739. The molecular formula is C6H8ClNS. The van der Waals surface area contributed by atoms with Crippen molar-refractivity contribution in [1.82, 2.24) is 0 Å². The predicted octanol–water partition coefficient (Wildman–Crippen LogP) is 2.01. The molecule has 50 valence electrons. The fourth-order valence-corrected chi connectivity index (χ4v) is 2.57. The Labute approximate surface area is 64.4 Å². The molecule has 0 aliphatic carbocycles. The molecule has 0 aromatic rings. The van der Waals surface area contributed by atoms with E-state index in [-0.39, 0.29) is 0 Å². The summed E-state index contributed by atoms with van der Waals surface area (Å²) in [7, 11) is 0. The predicted molar refractivity (Wildman–Crippen MR) is 40.7 cm³/mol. The lowest BCUT2D eigenvalue weighted by atomic mass is 10.1. The van der Waals surface area contributed by atoms with E-state index in [1.54, 1.807) is 11.8 Å². The zero-order valence-corrected chi connectivity index (χ0v) is 6.80. The molecule has 9 heavy (non-hydrogen) atoms. The van der Waals surface area contributed by atoms with Crippen molar-refractivity contribution in [2.24, 2.45) is 0 Å². The maximum absolute atomic E-state index is 8.55. The largest absolute Gasteiger partial charge is 0.196 e. The Bertz CT molecular complexity index is 154. The van der Waals surface area contributed by atoms with Crippen molar-refractivity contribution in [3.63, 3.8) is 0 Å². The first-order valence-electron chi connectivity index (χ1n) is 2.88. The third-order valence-corrected chi connectivity index (χ3v) is 3.33. The summed E-state index contributed by atoms with van der Waals surface area (Å²) < 4.78 is 0. The number of nitrogens with zero attached hydrogens (tertiary/aromatic N) is 1. The summed E-state index contributed by atoms with van der Waals surface area (Å²) in [6, 6.07) is 2.12. The molecule has 3 heteroatoms. The van der Waals surface area contributed by atoms with E-state index in [1.807, 2.05) is 0 Å². The number of hydrogen-bond donors (Lipinski definition) is 0. The summed E-state index contributed by atoms with van der Waals surface area (Å²) in [5, 5.41) is 9.11. The van der Waals surface area contributed by atoms with Crippen LogP contribution in [0.5, 0.6) is 0 Å². The van der Waals surface area contributed by atoms with Gasteiger partial charge in [0.25, 0.3) is 0 Å². The Balaban J connectivity index is 2.58. The lowest BCUT2D eigenvalue weighted by Crippen LogP contribution is -2.17. The smallest absolute Gasteiger partial charge is 0.141 e. The van der Waals surface area contributed by atoms with Crippen LogP contribution in [0.3, 0.4) is 0 Å². The Morgan fingerprint density at radius 2 is 2.56 bits per heavy atom. The van der Waals surface area contributed by atoms with Gasteiger partial charge in [0.05, 0.1) is 6.07 Å². The summed E-state index contributed by atoms with van der Waals surface area (Å²) in [6.45, 7) is 2.10. The number of nitriles is 1. The number of rotatable bonds is 0. The second-order valence-electron chi connectivity index (χ2n) is 2.40. The second-order valence-corrected chi connectivity index (χ2v) is 4.55. The van der Waals surface area contributed by atoms with E-state index >= 15 is 0 Å². The molecule has 0 N–H and O–H groups in total. The molecule has 0 saturated carbocycles. The molecule has 1 aliphatic heterocycles. The highest BCUT2D eigenvalue weighted by molar-refractivity contribution is 8.00. The van der Waals surface area contributed by atoms with E-state index in [0.29, 0.717) is 5.25 Å². The highest BCUT2D eigenvalue weighted by atomic mass is 35.5. The number of thioether (sulfide) groups is 1. The Morgan fingerprint density at radius 1 is 1.89 bits per heavy atom. The molecule has 1 fully saturated rings. The van der Waals surface area contributed by atoms with Gasteiger partial charge in [-0.25, -0.2) is 0 Å². The average molecular weight is 162 g/mol. The maximum atomic E-state index is 8.55. The van der Waals surface area contributed by atoms with Gasteiger partial charge in [0.15, 0.2) is 0 Å². The molecule has 1 heterocycles. The van der Waals surface area contributed by atoms with Crippen LogP contribution < -0.4 is 0 Å². The van der Waals surface area contributed by atoms with Crippen molar-refractivity contribution in [3.8, 4) is 6.07 Å². The summed E-state index contributed by atoms with van der Waals surface area (Å²) in [5.74, 6) is 0.784. The van der Waals surface area contributed by atoms with Gasteiger partial charge in [-0.05, 0) is 6.42 Å². The molecule has 0 aromatic carbocycles. The van der Waals surface area contributed by atoms with E-state index in [0.717, 1.165) is 12.2 Å². The van der Waals surface area contributed by atoms with Crippen LogP contribution in [0, 0.1) is 11.3 Å². The van der Waals surface area contributed by atoms with Crippen LogP contribution in [0.1, 0.15) is 13.3 Å². The molecule has 0 aromatic heterocycles. The molecule has 0 amide bonds. The number of halogens is 1. The molecule has 1 saturated heterocycles. The molecular weight excluding hydrogens is 154 g/mol. The molecule has 0 spiro atoms.